The highest BCUT2D eigenvalue weighted by Gasteiger charge is 2.26. The lowest BCUT2D eigenvalue weighted by molar-refractivity contribution is 0.330. The number of nitrogens with one attached hydrogen (secondary N) is 1. The maximum atomic E-state index is 12.7. The molecule has 0 spiro atoms. The fourth-order valence-electron chi connectivity index (χ4n) is 2.70. The fraction of sp³-hybridized carbons (Fsp3) is 0.625. The first-order valence-corrected chi connectivity index (χ1v) is 9.21. The first-order valence-electron chi connectivity index (χ1n) is 7.73. The van der Waals surface area contributed by atoms with E-state index in [-0.39, 0.29) is 16.9 Å². The van der Waals surface area contributed by atoms with Gasteiger partial charge in [0.1, 0.15) is 10.6 Å². The Bertz CT molecular complexity index is 575. The molecular weight excluding hydrogens is 286 g/mol. The molecule has 4 nitrogen and oxygen atoms in total. The molecule has 0 aliphatic heterocycles. The van der Waals surface area contributed by atoms with Gasteiger partial charge >= 0.3 is 0 Å². The second kappa shape index (κ2) is 6.79. The number of sulfonamides is 1. The topological polar surface area (TPSA) is 55.4 Å². The monoisotopic (exact) mass is 311 g/mol. The zero-order chi connectivity index (χ0) is 15.5. The average Bonchev–Trinajstić information content (AvgIpc) is 2.91. The van der Waals surface area contributed by atoms with Gasteiger partial charge in [-0.15, -0.1) is 0 Å². The molecule has 1 fully saturated rings. The predicted molar refractivity (Wildman–Crippen MR) is 84.3 cm³/mol. The summed E-state index contributed by atoms with van der Waals surface area (Å²) in [5.41, 5.74) is 1.00. The van der Waals surface area contributed by atoms with Crippen molar-refractivity contribution in [3.05, 3.63) is 23.8 Å². The van der Waals surface area contributed by atoms with Gasteiger partial charge in [0.2, 0.25) is 10.0 Å². The van der Waals surface area contributed by atoms with Crippen LogP contribution < -0.4 is 9.46 Å². The lowest BCUT2D eigenvalue weighted by Crippen LogP contribution is -2.33. The minimum absolute atomic E-state index is 0.0622. The summed E-state index contributed by atoms with van der Waals surface area (Å²) in [6, 6.07) is 5.51. The summed E-state index contributed by atoms with van der Waals surface area (Å²) >= 11 is 0. The van der Waals surface area contributed by atoms with Crippen LogP contribution in [0.15, 0.2) is 23.1 Å². The third kappa shape index (κ3) is 3.98. The van der Waals surface area contributed by atoms with Crippen molar-refractivity contribution in [3.63, 3.8) is 0 Å². The fourth-order valence-corrected chi connectivity index (χ4v) is 4.18. The van der Waals surface area contributed by atoms with Crippen molar-refractivity contribution in [1.29, 1.82) is 0 Å². The smallest absolute Gasteiger partial charge is 0.244 e. The summed E-state index contributed by atoms with van der Waals surface area (Å²) in [6.45, 7) is 6.41. The van der Waals surface area contributed by atoms with Gasteiger partial charge < -0.3 is 4.74 Å². The molecular formula is C16H25NO3S. The molecule has 0 heterocycles. The number of ether oxygens (including phenoxy) is 1. The standard InChI is InChI=1S/C16H25NO3S/c1-4-20-15-10-9-13(12(2)3)11-16(15)21(18,19)17-14-7-5-6-8-14/h9-12,14,17H,4-8H2,1-3H3. The van der Waals surface area contributed by atoms with Crippen LogP contribution in [0.25, 0.3) is 0 Å². The normalized spacial score (nSPS) is 16.6. The zero-order valence-corrected chi connectivity index (χ0v) is 13.9. The lowest BCUT2D eigenvalue weighted by atomic mass is 10.0. The van der Waals surface area contributed by atoms with Crippen LogP contribution in [-0.4, -0.2) is 21.1 Å². The number of hydrogen-bond donors (Lipinski definition) is 1. The summed E-state index contributed by atoms with van der Waals surface area (Å²) in [5.74, 6) is 0.716. The van der Waals surface area contributed by atoms with Crippen LogP contribution in [0.3, 0.4) is 0 Å². The zero-order valence-electron chi connectivity index (χ0n) is 13.1. The summed E-state index contributed by atoms with van der Waals surface area (Å²) in [5, 5.41) is 0. The molecule has 1 aromatic carbocycles. The molecule has 1 saturated carbocycles. The van der Waals surface area contributed by atoms with E-state index in [1.165, 1.54) is 0 Å². The van der Waals surface area contributed by atoms with Gasteiger partial charge in [0.15, 0.2) is 0 Å². The summed E-state index contributed by atoms with van der Waals surface area (Å²) < 4.78 is 33.7. The third-order valence-corrected chi connectivity index (χ3v) is 5.44. The van der Waals surface area contributed by atoms with Crippen molar-refractivity contribution >= 4 is 10.0 Å². The largest absolute Gasteiger partial charge is 0.492 e. The van der Waals surface area contributed by atoms with Crippen molar-refractivity contribution in [3.8, 4) is 5.75 Å². The SMILES string of the molecule is CCOc1ccc(C(C)C)cc1S(=O)(=O)NC1CCCC1. The number of rotatable bonds is 6. The Morgan fingerprint density at radius 1 is 1.29 bits per heavy atom. The minimum Gasteiger partial charge on any atom is -0.492 e. The van der Waals surface area contributed by atoms with Crippen molar-refractivity contribution in [2.75, 3.05) is 6.61 Å². The molecule has 0 bridgehead atoms. The van der Waals surface area contributed by atoms with E-state index in [2.05, 4.69) is 18.6 Å². The van der Waals surface area contributed by atoms with Gasteiger partial charge in [-0.05, 0) is 43.4 Å². The summed E-state index contributed by atoms with van der Waals surface area (Å²) in [7, 11) is -3.53. The molecule has 21 heavy (non-hydrogen) atoms. The minimum atomic E-state index is -3.53. The third-order valence-electron chi connectivity index (χ3n) is 3.90. The van der Waals surface area contributed by atoms with E-state index in [0.29, 0.717) is 12.4 Å². The Balaban J connectivity index is 2.35. The molecule has 1 aliphatic rings. The molecule has 1 aromatic rings. The molecule has 1 N–H and O–H groups in total. The Kier molecular flexibility index (Phi) is 5.27. The van der Waals surface area contributed by atoms with Crippen LogP contribution in [0, 0.1) is 0 Å². The highest BCUT2D eigenvalue weighted by atomic mass is 32.2. The Morgan fingerprint density at radius 2 is 1.95 bits per heavy atom. The van der Waals surface area contributed by atoms with Gasteiger partial charge in [-0.1, -0.05) is 32.8 Å². The van der Waals surface area contributed by atoms with Crippen molar-refractivity contribution < 1.29 is 13.2 Å². The maximum absolute atomic E-state index is 12.7. The van der Waals surface area contributed by atoms with E-state index < -0.39 is 10.0 Å². The molecule has 0 atom stereocenters. The van der Waals surface area contributed by atoms with E-state index in [1.54, 1.807) is 12.1 Å². The first-order chi connectivity index (χ1) is 9.94. The van der Waals surface area contributed by atoms with Gasteiger partial charge in [-0.2, -0.15) is 0 Å². The molecule has 0 saturated heterocycles. The number of hydrogen-bond acceptors (Lipinski definition) is 3. The first kappa shape index (κ1) is 16.3. The van der Waals surface area contributed by atoms with Gasteiger partial charge in [0.25, 0.3) is 0 Å². The lowest BCUT2D eigenvalue weighted by Gasteiger charge is -2.17. The van der Waals surface area contributed by atoms with Gasteiger partial charge in [-0.25, -0.2) is 13.1 Å². The molecule has 2 rings (SSSR count). The van der Waals surface area contributed by atoms with Crippen molar-refractivity contribution in [2.45, 2.75) is 63.3 Å². The molecule has 0 aromatic heterocycles. The van der Waals surface area contributed by atoms with Gasteiger partial charge in [0, 0.05) is 6.04 Å². The highest BCUT2D eigenvalue weighted by molar-refractivity contribution is 7.89. The summed E-state index contributed by atoms with van der Waals surface area (Å²) in [6.07, 6.45) is 4.04. The average molecular weight is 311 g/mol. The van der Waals surface area contributed by atoms with Crippen LogP contribution in [0.5, 0.6) is 5.75 Å². The van der Waals surface area contributed by atoms with Crippen LogP contribution in [-0.2, 0) is 10.0 Å². The Labute approximate surface area is 127 Å². The van der Waals surface area contributed by atoms with Crippen molar-refractivity contribution in [1.82, 2.24) is 4.72 Å². The molecule has 0 amide bonds. The highest BCUT2D eigenvalue weighted by Crippen LogP contribution is 2.29. The second-order valence-electron chi connectivity index (χ2n) is 5.90. The van der Waals surface area contributed by atoms with Crippen LogP contribution in [0.4, 0.5) is 0 Å². The van der Waals surface area contributed by atoms with Crippen LogP contribution in [0.2, 0.25) is 0 Å². The van der Waals surface area contributed by atoms with Crippen molar-refractivity contribution in [2.24, 2.45) is 0 Å². The van der Waals surface area contributed by atoms with Crippen LogP contribution in [0.1, 0.15) is 57.9 Å². The van der Waals surface area contributed by atoms with E-state index >= 15 is 0 Å². The van der Waals surface area contributed by atoms with E-state index in [4.69, 9.17) is 4.74 Å². The molecule has 5 heteroatoms. The molecule has 118 valence electrons. The molecule has 0 radical (unpaired) electrons. The van der Waals surface area contributed by atoms with Gasteiger partial charge in [-0.3, -0.25) is 0 Å². The van der Waals surface area contributed by atoms with Crippen LogP contribution >= 0.6 is 0 Å². The maximum Gasteiger partial charge on any atom is 0.244 e. The van der Waals surface area contributed by atoms with E-state index in [0.717, 1.165) is 31.2 Å². The van der Waals surface area contributed by atoms with Gasteiger partial charge in [0.05, 0.1) is 6.61 Å². The molecule has 1 aliphatic carbocycles. The quantitative estimate of drug-likeness (QED) is 0.875. The molecule has 0 unspecified atom stereocenters. The Morgan fingerprint density at radius 3 is 2.52 bits per heavy atom. The number of benzene rings is 1. The summed E-state index contributed by atoms with van der Waals surface area (Å²) in [4.78, 5) is 0.266. The Hall–Kier alpha value is -1.07. The van der Waals surface area contributed by atoms with E-state index in [9.17, 15) is 8.42 Å². The van der Waals surface area contributed by atoms with E-state index in [1.807, 2.05) is 13.0 Å². The second-order valence-corrected chi connectivity index (χ2v) is 7.58. The predicted octanol–water partition coefficient (Wildman–Crippen LogP) is 3.43.